The molecule has 26 heavy (non-hydrogen) atoms. The average molecular weight is 360 g/mol. The van der Waals surface area contributed by atoms with Crippen LogP contribution in [0.1, 0.15) is 44.4 Å². The fraction of sp³-hybridized carbons (Fsp3) is 0.684. The van der Waals surface area contributed by atoms with Crippen molar-refractivity contribution < 1.29 is 9.59 Å². The van der Waals surface area contributed by atoms with E-state index in [4.69, 9.17) is 0 Å². The van der Waals surface area contributed by atoms with Crippen LogP contribution in [0, 0.1) is 19.3 Å². The number of hydrogen-bond acceptors (Lipinski definition) is 4. The molecule has 2 aliphatic heterocycles. The molecule has 0 aromatic carbocycles. The van der Waals surface area contributed by atoms with Crippen molar-refractivity contribution in [2.75, 3.05) is 19.6 Å². The Balaban J connectivity index is 1.72. The van der Waals surface area contributed by atoms with E-state index in [0.29, 0.717) is 19.5 Å². The molecule has 1 atom stereocenters. The number of carbonyl (C=O) groups is 2. The number of amides is 2. The molecule has 0 aliphatic carbocycles. The van der Waals surface area contributed by atoms with Crippen LogP contribution in [-0.4, -0.2) is 57.1 Å². The molecule has 0 bridgehead atoms. The van der Waals surface area contributed by atoms with Crippen LogP contribution in [0.3, 0.4) is 0 Å². The molecule has 1 spiro atoms. The van der Waals surface area contributed by atoms with Crippen LogP contribution in [-0.2, 0) is 16.1 Å². The highest BCUT2D eigenvalue weighted by Crippen LogP contribution is 2.40. The summed E-state index contributed by atoms with van der Waals surface area (Å²) in [5, 5.41) is 4.22. The topological polar surface area (TPSA) is 75.5 Å². The summed E-state index contributed by atoms with van der Waals surface area (Å²) in [5.41, 5.74) is 0.848. The van der Waals surface area contributed by atoms with E-state index < -0.39 is 5.41 Å². The Morgan fingerprint density at radius 3 is 2.65 bits per heavy atom. The number of nitrogens with zero attached hydrogens (tertiary/aromatic N) is 4. The van der Waals surface area contributed by atoms with Gasteiger partial charge < -0.3 is 9.80 Å². The molecule has 142 valence electrons. The SMILES string of the molecule is Cc1cc(=O)n(CC(=O)N2CC[C@]3(CCCN(C(C)C)C3=O)C2)nc1C. The van der Waals surface area contributed by atoms with Gasteiger partial charge in [0.2, 0.25) is 11.8 Å². The largest absolute Gasteiger partial charge is 0.340 e. The van der Waals surface area contributed by atoms with Crippen LogP contribution in [0.15, 0.2) is 10.9 Å². The van der Waals surface area contributed by atoms with E-state index in [2.05, 4.69) is 5.10 Å². The predicted octanol–water partition coefficient (Wildman–Crippen LogP) is 1.11. The molecule has 3 rings (SSSR count). The maximum Gasteiger partial charge on any atom is 0.267 e. The van der Waals surface area contributed by atoms with E-state index in [1.165, 1.54) is 10.7 Å². The average Bonchev–Trinajstić information content (AvgIpc) is 3.00. The normalized spacial score (nSPS) is 23.3. The number of likely N-dealkylation sites (tertiary alicyclic amines) is 2. The molecule has 2 aliphatic rings. The van der Waals surface area contributed by atoms with Gasteiger partial charge in [0.05, 0.1) is 11.1 Å². The van der Waals surface area contributed by atoms with Crippen molar-refractivity contribution in [3.8, 4) is 0 Å². The van der Waals surface area contributed by atoms with Crippen molar-refractivity contribution in [2.24, 2.45) is 5.41 Å². The Labute approximate surface area is 154 Å². The standard InChI is InChI=1S/C19H28N4O3/c1-13(2)22-8-5-6-19(18(22)26)7-9-21(12-19)17(25)11-23-16(24)10-14(3)15(4)20-23/h10,13H,5-9,11-12H2,1-4H3/t19-/m1/s1. The predicted molar refractivity (Wildman–Crippen MR) is 97.7 cm³/mol. The van der Waals surface area contributed by atoms with Crippen LogP contribution in [0.4, 0.5) is 0 Å². The summed E-state index contributed by atoms with van der Waals surface area (Å²) in [6.07, 6.45) is 2.51. The van der Waals surface area contributed by atoms with Crippen molar-refractivity contribution in [2.45, 2.75) is 59.5 Å². The molecule has 1 aromatic rings. The Bertz CT molecular complexity index is 785. The maximum absolute atomic E-state index is 13.0. The summed E-state index contributed by atoms with van der Waals surface area (Å²) in [7, 11) is 0. The van der Waals surface area contributed by atoms with Gasteiger partial charge in [-0.25, -0.2) is 4.68 Å². The van der Waals surface area contributed by atoms with Gasteiger partial charge in [0.15, 0.2) is 0 Å². The monoisotopic (exact) mass is 360 g/mol. The van der Waals surface area contributed by atoms with Gasteiger partial charge in [-0.2, -0.15) is 5.10 Å². The molecule has 2 amide bonds. The number of piperidine rings is 1. The first kappa shape index (κ1) is 18.6. The summed E-state index contributed by atoms with van der Waals surface area (Å²) in [5.74, 6) is 0.0321. The molecule has 0 N–H and O–H groups in total. The van der Waals surface area contributed by atoms with Gasteiger partial charge in [-0.1, -0.05) is 0 Å². The van der Waals surface area contributed by atoms with E-state index in [1.54, 1.807) is 4.90 Å². The van der Waals surface area contributed by atoms with E-state index in [9.17, 15) is 14.4 Å². The second kappa shape index (κ2) is 6.85. The zero-order valence-electron chi connectivity index (χ0n) is 16.1. The van der Waals surface area contributed by atoms with Crippen molar-refractivity contribution in [1.82, 2.24) is 19.6 Å². The lowest BCUT2D eigenvalue weighted by atomic mass is 9.78. The molecule has 0 radical (unpaired) electrons. The highest BCUT2D eigenvalue weighted by molar-refractivity contribution is 5.86. The minimum absolute atomic E-state index is 0.0713. The Morgan fingerprint density at radius 2 is 1.96 bits per heavy atom. The summed E-state index contributed by atoms with van der Waals surface area (Å²) < 4.78 is 1.22. The summed E-state index contributed by atoms with van der Waals surface area (Å²) in [6.45, 7) is 9.46. The van der Waals surface area contributed by atoms with Gasteiger partial charge in [0.25, 0.3) is 5.56 Å². The van der Waals surface area contributed by atoms with Crippen LogP contribution in [0.25, 0.3) is 0 Å². The van der Waals surface area contributed by atoms with Gasteiger partial charge >= 0.3 is 0 Å². The third-order valence-corrected chi connectivity index (χ3v) is 5.82. The Morgan fingerprint density at radius 1 is 1.23 bits per heavy atom. The van der Waals surface area contributed by atoms with Crippen LogP contribution in [0.5, 0.6) is 0 Å². The fourth-order valence-corrected chi connectivity index (χ4v) is 4.07. The number of rotatable bonds is 3. The van der Waals surface area contributed by atoms with Crippen molar-refractivity contribution in [1.29, 1.82) is 0 Å². The maximum atomic E-state index is 13.0. The summed E-state index contributed by atoms with van der Waals surface area (Å²) in [4.78, 5) is 41.4. The third kappa shape index (κ3) is 3.27. The first-order valence-electron chi connectivity index (χ1n) is 9.38. The zero-order valence-corrected chi connectivity index (χ0v) is 16.1. The molecular formula is C19H28N4O3. The quantitative estimate of drug-likeness (QED) is 0.809. The second-order valence-corrected chi connectivity index (χ2v) is 7.95. The van der Waals surface area contributed by atoms with Crippen molar-refractivity contribution in [3.63, 3.8) is 0 Å². The molecule has 0 unspecified atom stereocenters. The minimum atomic E-state index is -0.445. The lowest BCUT2D eigenvalue weighted by Gasteiger charge is -2.41. The fourth-order valence-electron chi connectivity index (χ4n) is 4.07. The molecule has 7 nitrogen and oxygen atoms in total. The zero-order chi connectivity index (χ0) is 19.1. The first-order chi connectivity index (χ1) is 12.2. The summed E-state index contributed by atoms with van der Waals surface area (Å²) >= 11 is 0. The molecular weight excluding hydrogens is 332 g/mol. The Hall–Kier alpha value is -2.18. The molecule has 3 heterocycles. The molecule has 0 saturated carbocycles. The minimum Gasteiger partial charge on any atom is -0.340 e. The highest BCUT2D eigenvalue weighted by Gasteiger charge is 2.49. The van der Waals surface area contributed by atoms with E-state index in [1.807, 2.05) is 32.6 Å². The van der Waals surface area contributed by atoms with Crippen LogP contribution >= 0.6 is 0 Å². The van der Waals surface area contributed by atoms with E-state index in [-0.39, 0.29) is 30.0 Å². The first-order valence-corrected chi connectivity index (χ1v) is 9.38. The van der Waals surface area contributed by atoms with Crippen LogP contribution in [0.2, 0.25) is 0 Å². The second-order valence-electron chi connectivity index (χ2n) is 7.95. The number of aryl methyl sites for hydroxylation is 2. The molecule has 2 fully saturated rings. The van der Waals surface area contributed by atoms with Crippen molar-refractivity contribution in [3.05, 3.63) is 27.7 Å². The van der Waals surface area contributed by atoms with Gasteiger partial charge in [0.1, 0.15) is 6.54 Å². The molecule has 2 saturated heterocycles. The lowest BCUT2D eigenvalue weighted by molar-refractivity contribution is -0.148. The number of carbonyl (C=O) groups excluding carboxylic acids is 2. The molecule has 1 aromatic heterocycles. The van der Waals surface area contributed by atoms with Gasteiger partial charge in [0, 0.05) is 31.7 Å². The smallest absolute Gasteiger partial charge is 0.267 e. The van der Waals surface area contributed by atoms with Crippen molar-refractivity contribution >= 4 is 11.8 Å². The number of hydrogen-bond donors (Lipinski definition) is 0. The third-order valence-electron chi connectivity index (χ3n) is 5.82. The van der Waals surface area contributed by atoms with E-state index >= 15 is 0 Å². The highest BCUT2D eigenvalue weighted by atomic mass is 16.2. The van der Waals surface area contributed by atoms with E-state index in [0.717, 1.165) is 30.6 Å². The molecule has 7 heteroatoms. The van der Waals surface area contributed by atoms with Gasteiger partial charge in [-0.3, -0.25) is 14.4 Å². The summed E-state index contributed by atoms with van der Waals surface area (Å²) in [6, 6.07) is 1.69. The van der Waals surface area contributed by atoms with Crippen LogP contribution < -0.4 is 5.56 Å². The van der Waals surface area contributed by atoms with Gasteiger partial charge in [-0.15, -0.1) is 0 Å². The number of aromatic nitrogens is 2. The lowest BCUT2D eigenvalue weighted by Crippen LogP contribution is -2.52. The van der Waals surface area contributed by atoms with Gasteiger partial charge in [-0.05, 0) is 52.5 Å². The Kier molecular flexibility index (Phi) is 4.90.